The van der Waals surface area contributed by atoms with Crippen LogP contribution in [0.1, 0.15) is 17.2 Å². The third-order valence-electron chi connectivity index (χ3n) is 5.02. The van der Waals surface area contributed by atoms with Crippen molar-refractivity contribution in [3.63, 3.8) is 0 Å². The Balaban J connectivity index is 1.97. The highest BCUT2D eigenvalue weighted by Gasteiger charge is 2.47. The lowest BCUT2D eigenvalue weighted by Crippen LogP contribution is -2.29. The molecule has 1 aliphatic rings. The second kappa shape index (κ2) is 7.75. The molecule has 8 heteroatoms. The molecule has 3 aromatic carbocycles. The third-order valence-corrected chi connectivity index (χ3v) is 5.02. The molecule has 1 heterocycles. The maximum atomic E-state index is 13.0. The number of phenols is 1. The van der Waals surface area contributed by atoms with Crippen molar-refractivity contribution in [1.29, 1.82) is 0 Å². The number of aromatic hydroxyl groups is 1. The van der Waals surface area contributed by atoms with Crippen molar-refractivity contribution in [2.45, 2.75) is 6.04 Å². The number of rotatable bonds is 4. The van der Waals surface area contributed by atoms with E-state index in [4.69, 9.17) is 0 Å². The molecule has 31 heavy (non-hydrogen) atoms. The SMILES string of the molecule is O=C1C(=O)N(c2ccc(O)cc2)[C@@H](c2cccc([N+](=O)[O-])c2)/C1=C(\O)c1ccccc1. The first-order valence-corrected chi connectivity index (χ1v) is 9.28. The van der Waals surface area contributed by atoms with E-state index in [9.17, 15) is 29.9 Å². The van der Waals surface area contributed by atoms with Crippen LogP contribution < -0.4 is 4.90 Å². The molecule has 8 nitrogen and oxygen atoms in total. The second-order valence-electron chi connectivity index (χ2n) is 6.90. The van der Waals surface area contributed by atoms with Gasteiger partial charge in [0.1, 0.15) is 11.5 Å². The number of hydrogen-bond donors (Lipinski definition) is 2. The lowest BCUT2D eigenvalue weighted by Gasteiger charge is -2.25. The molecule has 3 aromatic rings. The first-order chi connectivity index (χ1) is 14.9. The summed E-state index contributed by atoms with van der Waals surface area (Å²) in [5, 5.41) is 31.8. The zero-order chi connectivity index (χ0) is 22.1. The summed E-state index contributed by atoms with van der Waals surface area (Å²) in [5.41, 5.74) is 0.530. The molecule has 154 valence electrons. The summed E-state index contributed by atoms with van der Waals surface area (Å²) in [4.78, 5) is 37.8. The molecule has 2 N–H and O–H groups in total. The Morgan fingerprint density at radius 2 is 1.61 bits per heavy atom. The number of nitrogens with zero attached hydrogens (tertiary/aromatic N) is 2. The van der Waals surface area contributed by atoms with Gasteiger partial charge in [-0.3, -0.25) is 24.6 Å². The van der Waals surface area contributed by atoms with Crippen molar-refractivity contribution < 1.29 is 24.7 Å². The monoisotopic (exact) mass is 416 g/mol. The zero-order valence-corrected chi connectivity index (χ0v) is 16.0. The average Bonchev–Trinajstić information content (AvgIpc) is 3.05. The predicted molar refractivity (Wildman–Crippen MR) is 112 cm³/mol. The number of amides is 1. The van der Waals surface area contributed by atoms with Crippen molar-refractivity contribution in [2.24, 2.45) is 0 Å². The summed E-state index contributed by atoms with van der Waals surface area (Å²) in [6.45, 7) is 0. The van der Waals surface area contributed by atoms with Crippen LogP contribution in [-0.2, 0) is 9.59 Å². The van der Waals surface area contributed by atoms with E-state index in [-0.39, 0.29) is 22.8 Å². The van der Waals surface area contributed by atoms with Gasteiger partial charge >= 0.3 is 0 Å². The number of nitro benzene ring substituents is 1. The molecule has 1 saturated heterocycles. The highest BCUT2D eigenvalue weighted by molar-refractivity contribution is 6.51. The molecule has 0 unspecified atom stereocenters. The van der Waals surface area contributed by atoms with Gasteiger partial charge in [-0.25, -0.2) is 0 Å². The van der Waals surface area contributed by atoms with Crippen LogP contribution in [0, 0.1) is 10.1 Å². The fourth-order valence-electron chi connectivity index (χ4n) is 3.59. The van der Waals surface area contributed by atoms with Crippen molar-refractivity contribution >= 4 is 28.8 Å². The molecule has 1 amide bonds. The number of benzene rings is 3. The molecular weight excluding hydrogens is 400 g/mol. The Morgan fingerprint density at radius 1 is 0.935 bits per heavy atom. The van der Waals surface area contributed by atoms with E-state index >= 15 is 0 Å². The van der Waals surface area contributed by atoms with E-state index in [2.05, 4.69) is 0 Å². The number of carbonyl (C=O) groups is 2. The molecule has 0 radical (unpaired) electrons. The molecule has 1 atom stereocenters. The average molecular weight is 416 g/mol. The topological polar surface area (TPSA) is 121 Å². The number of carbonyl (C=O) groups excluding carboxylic acids is 2. The number of nitro groups is 1. The van der Waals surface area contributed by atoms with Crippen molar-refractivity contribution in [3.8, 4) is 5.75 Å². The van der Waals surface area contributed by atoms with Crippen LogP contribution in [-0.4, -0.2) is 26.8 Å². The molecule has 1 aliphatic heterocycles. The summed E-state index contributed by atoms with van der Waals surface area (Å²) >= 11 is 0. The molecule has 0 saturated carbocycles. The van der Waals surface area contributed by atoms with E-state index in [0.717, 1.165) is 4.90 Å². The van der Waals surface area contributed by atoms with E-state index < -0.39 is 22.7 Å². The summed E-state index contributed by atoms with van der Waals surface area (Å²) in [7, 11) is 0. The van der Waals surface area contributed by atoms with Crippen LogP contribution in [0.15, 0.2) is 84.4 Å². The molecule has 0 spiro atoms. The maximum absolute atomic E-state index is 13.0. The second-order valence-corrected chi connectivity index (χ2v) is 6.90. The van der Waals surface area contributed by atoms with Gasteiger partial charge in [-0.1, -0.05) is 42.5 Å². The number of aliphatic hydroxyl groups is 1. The fourth-order valence-corrected chi connectivity index (χ4v) is 3.59. The standard InChI is InChI=1S/C23H16N2O6/c26-18-11-9-16(10-12-18)24-20(15-7-4-8-17(13-15)25(30)31)19(22(28)23(24)29)21(27)14-5-2-1-3-6-14/h1-13,20,26-27H/b21-19+/t20-/m0/s1. The minimum absolute atomic E-state index is 0.0310. The van der Waals surface area contributed by atoms with E-state index in [1.807, 2.05) is 0 Å². The van der Waals surface area contributed by atoms with Crippen molar-refractivity contribution in [1.82, 2.24) is 0 Å². The normalized spacial score (nSPS) is 17.7. The smallest absolute Gasteiger partial charge is 0.300 e. The van der Waals surface area contributed by atoms with E-state index in [1.165, 1.54) is 42.5 Å². The van der Waals surface area contributed by atoms with Crippen molar-refractivity contribution in [3.05, 3.63) is 106 Å². The lowest BCUT2D eigenvalue weighted by atomic mass is 9.95. The van der Waals surface area contributed by atoms with E-state index in [1.54, 1.807) is 36.4 Å². The van der Waals surface area contributed by atoms with Crippen LogP contribution in [0.2, 0.25) is 0 Å². The summed E-state index contributed by atoms with van der Waals surface area (Å²) in [6.07, 6.45) is 0. The van der Waals surface area contributed by atoms with Crippen LogP contribution in [0.25, 0.3) is 5.76 Å². The number of ketones is 1. The highest BCUT2D eigenvalue weighted by Crippen LogP contribution is 2.43. The molecule has 1 fully saturated rings. The minimum atomic E-state index is -1.09. The van der Waals surface area contributed by atoms with Gasteiger partial charge in [0, 0.05) is 23.4 Å². The first-order valence-electron chi connectivity index (χ1n) is 9.28. The van der Waals surface area contributed by atoms with Crippen LogP contribution >= 0.6 is 0 Å². The molecular formula is C23H16N2O6. The number of non-ortho nitro benzene ring substituents is 1. The Morgan fingerprint density at radius 3 is 2.26 bits per heavy atom. The summed E-state index contributed by atoms with van der Waals surface area (Å²) in [6, 6.07) is 18.4. The zero-order valence-electron chi connectivity index (χ0n) is 16.0. The van der Waals surface area contributed by atoms with Gasteiger partial charge in [0.25, 0.3) is 17.4 Å². The molecule has 0 aromatic heterocycles. The van der Waals surface area contributed by atoms with Crippen LogP contribution in [0.4, 0.5) is 11.4 Å². The first kappa shape index (κ1) is 19.8. The molecule has 0 bridgehead atoms. The van der Waals surface area contributed by atoms with E-state index in [0.29, 0.717) is 16.8 Å². The molecule has 0 aliphatic carbocycles. The number of hydrogen-bond acceptors (Lipinski definition) is 6. The number of aliphatic hydroxyl groups excluding tert-OH is 1. The Labute approximate surface area is 176 Å². The maximum Gasteiger partial charge on any atom is 0.300 e. The quantitative estimate of drug-likeness (QED) is 0.219. The van der Waals surface area contributed by atoms with Gasteiger partial charge in [0.2, 0.25) is 0 Å². The Kier molecular flexibility index (Phi) is 4.96. The van der Waals surface area contributed by atoms with Gasteiger partial charge in [0.05, 0.1) is 16.5 Å². The van der Waals surface area contributed by atoms with Gasteiger partial charge < -0.3 is 10.2 Å². The fraction of sp³-hybridized carbons (Fsp3) is 0.0435. The third kappa shape index (κ3) is 3.51. The minimum Gasteiger partial charge on any atom is -0.508 e. The van der Waals surface area contributed by atoms with Crippen LogP contribution in [0.5, 0.6) is 5.75 Å². The van der Waals surface area contributed by atoms with Gasteiger partial charge in [-0.2, -0.15) is 0 Å². The van der Waals surface area contributed by atoms with Crippen LogP contribution in [0.3, 0.4) is 0 Å². The highest BCUT2D eigenvalue weighted by atomic mass is 16.6. The number of anilines is 1. The summed E-state index contributed by atoms with van der Waals surface area (Å²) < 4.78 is 0. The Hall–Kier alpha value is -4.46. The largest absolute Gasteiger partial charge is 0.508 e. The van der Waals surface area contributed by atoms with Gasteiger partial charge in [-0.05, 0) is 29.8 Å². The van der Waals surface area contributed by atoms with Gasteiger partial charge in [-0.15, -0.1) is 0 Å². The molecule has 4 rings (SSSR count). The number of phenolic OH excluding ortho intramolecular Hbond substituents is 1. The van der Waals surface area contributed by atoms with Crippen molar-refractivity contribution in [2.75, 3.05) is 4.90 Å². The van der Waals surface area contributed by atoms with Gasteiger partial charge in [0.15, 0.2) is 0 Å². The lowest BCUT2D eigenvalue weighted by molar-refractivity contribution is -0.384. The number of Topliss-reactive ketones (excluding diaryl/α,β-unsaturated/α-hetero) is 1. The summed E-state index contributed by atoms with van der Waals surface area (Å²) in [5.74, 6) is -2.21. The predicted octanol–water partition coefficient (Wildman–Crippen LogP) is 3.93. The Bertz CT molecular complexity index is 1220.